The van der Waals surface area contributed by atoms with Gasteiger partial charge in [0.2, 0.25) is 0 Å². The van der Waals surface area contributed by atoms with Gasteiger partial charge in [-0.2, -0.15) is 0 Å². The summed E-state index contributed by atoms with van der Waals surface area (Å²) < 4.78 is 3.32. The summed E-state index contributed by atoms with van der Waals surface area (Å²) in [4.78, 5) is 17.9. The van der Waals surface area contributed by atoms with Crippen LogP contribution in [0.15, 0.2) is 47.5 Å². The Bertz CT molecular complexity index is 1040. The van der Waals surface area contributed by atoms with Gasteiger partial charge in [-0.05, 0) is 48.3 Å². The van der Waals surface area contributed by atoms with E-state index in [4.69, 9.17) is 21.8 Å². The molecule has 4 rings (SSSR count). The highest BCUT2D eigenvalue weighted by atomic mass is 35.5. The van der Waals surface area contributed by atoms with Crippen molar-refractivity contribution in [2.45, 2.75) is 10.9 Å². The maximum Gasteiger partial charge on any atom is 0.251 e. The predicted molar refractivity (Wildman–Crippen MR) is 107 cm³/mol. The third kappa shape index (κ3) is 3.23. The number of rotatable bonds is 4. The van der Waals surface area contributed by atoms with E-state index in [1.165, 1.54) is 11.9 Å². The Kier molecular flexibility index (Phi) is 4.92. The van der Waals surface area contributed by atoms with Crippen LogP contribution in [0.1, 0.15) is 10.4 Å². The van der Waals surface area contributed by atoms with E-state index in [1.54, 1.807) is 18.3 Å². The molecular formula is C19H16ClN3O3S. The fraction of sp³-hybridized carbons (Fsp3) is 0.158. The number of benzene rings is 2. The zero-order valence-corrected chi connectivity index (χ0v) is 15.6. The number of hydrogen-bond acceptors (Lipinski definition) is 6. The van der Waals surface area contributed by atoms with Crippen LogP contribution < -0.4 is 10.0 Å². The molecule has 0 radical (unpaired) electrons. The molecule has 1 amide bonds. The van der Waals surface area contributed by atoms with Gasteiger partial charge in [0.25, 0.3) is 5.91 Å². The summed E-state index contributed by atoms with van der Waals surface area (Å²) >= 11 is 7.91. The first-order chi connectivity index (χ1) is 13.1. The summed E-state index contributed by atoms with van der Waals surface area (Å²) in [7, 11) is 0. The molecule has 1 aliphatic heterocycles. The van der Waals surface area contributed by atoms with Crippen molar-refractivity contribution < 1.29 is 15.0 Å². The van der Waals surface area contributed by atoms with Crippen LogP contribution in [0.3, 0.4) is 0 Å². The van der Waals surface area contributed by atoms with E-state index in [0.717, 1.165) is 32.6 Å². The van der Waals surface area contributed by atoms with E-state index in [2.05, 4.69) is 15.0 Å². The summed E-state index contributed by atoms with van der Waals surface area (Å²) in [5.74, 6) is -0.360. The van der Waals surface area contributed by atoms with Gasteiger partial charge in [-0.1, -0.05) is 11.6 Å². The number of aliphatic hydroxyl groups excluding tert-OH is 2. The van der Waals surface area contributed by atoms with Crippen LogP contribution in [0.2, 0.25) is 5.02 Å². The lowest BCUT2D eigenvalue weighted by Crippen LogP contribution is -2.40. The Labute approximate surface area is 164 Å². The summed E-state index contributed by atoms with van der Waals surface area (Å²) in [5.41, 5.74) is 3.81. The van der Waals surface area contributed by atoms with Gasteiger partial charge in [0, 0.05) is 33.2 Å². The maximum absolute atomic E-state index is 12.5. The van der Waals surface area contributed by atoms with Crippen molar-refractivity contribution in [1.29, 1.82) is 0 Å². The Balaban J connectivity index is 1.80. The second-order valence-electron chi connectivity index (χ2n) is 6.13. The summed E-state index contributed by atoms with van der Waals surface area (Å²) in [5, 5.41) is 22.4. The normalized spacial score (nSPS) is 12.4. The quantitative estimate of drug-likeness (QED) is 0.502. The average molecular weight is 402 g/mol. The van der Waals surface area contributed by atoms with Crippen molar-refractivity contribution in [3.8, 4) is 11.1 Å². The molecule has 0 spiro atoms. The molecule has 0 atom stereocenters. The number of amides is 1. The van der Waals surface area contributed by atoms with Crippen LogP contribution in [0.5, 0.6) is 0 Å². The molecule has 4 N–H and O–H groups in total. The number of pyridine rings is 1. The van der Waals surface area contributed by atoms with Crippen LogP contribution in [0.25, 0.3) is 22.0 Å². The Morgan fingerprint density at radius 1 is 1.22 bits per heavy atom. The number of hydrogen-bond donors (Lipinski definition) is 4. The zero-order chi connectivity index (χ0) is 19.0. The van der Waals surface area contributed by atoms with Gasteiger partial charge in [0.05, 0.1) is 35.5 Å². The smallest absolute Gasteiger partial charge is 0.251 e. The molecule has 0 saturated heterocycles. The van der Waals surface area contributed by atoms with E-state index in [-0.39, 0.29) is 19.1 Å². The lowest BCUT2D eigenvalue weighted by atomic mass is 9.98. The molecule has 0 unspecified atom stereocenters. The predicted octanol–water partition coefficient (Wildman–Crippen LogP) is 3.07. The number of anilines is 1. The fourth-order valence-corrected chi connectivity index (χ4v) is 4.11. The number of nitrogens with one attached hydrogen (secondary N) is 2. The van der Waals surface area contributed by atoms with Crippen molar-refractivity contribution in [3.05, 3.63) is 53.2 Å². The van der Waals surface area contributed by atoms with E-state index < -0.39 is 6.04 Å². The third-order valence-corrected chi connectivity index (χ3v) is 5.61. The van der Waals surface area contributed by atoms with Gasteiger partial charge in [-0.25, -0.2) is 0 Å². The Hall–Kier alpha value is -2.32. The number of nitrogens with zero attached hydrogens (tertiary/aromatic N) is 1. The molecule has 2 aromatic carbocycles. The van der Waals surface area contributed by atoms with Crippen molar-refractivity contribution >= 4 is 46.0 Å². The maximum atomic E-state index is 12.5. The average Bonchev–Trinajstić information content (AvgIpc) is 2.71. The first kappa shape index (κ1) is 18.1. The van der Waals surface area contributed by atoms with Crippen LogP contribution in [-0.2, 0) is 0 Å². The first-order valence-electron chi connectivity index (χ1n) is 8.29. The fourth-order valence-electron chi connectivity index (χ4n) is 3.01. The van der Waals surface area contributed by atoms with Crippen LogP contribution in [0, 0.1) is 0 Å². The minimum Gasteiger partial charge on any atom is -0.394 e. The molecule has 6 nitrogen and oxygen atoms in total. The van der Waals surface area contributed by atoms with Gasteiger partial charge in [-0.15, -0.1) is 0 Å². The molecular weight excluding hydrogens is 386 g/mol. The number of aliphatic hydroxyl groups is 2. The van der Waals surface area contributed by atoms with Gasteiger partial charge in [0.1, 0.15) is 0 Å². The zero-order valence-electron chi connectivity index (χ0n) is 14.1. The van der Waals surface area contributed by atoms with Crippen molar-refractivity contribution in [1.82, 2.24) is 10.3 Å². The molecule has 1 aromatic heterocycles. The van der Waals surface area contributed by atoms with Gasteiger partial charge >= 0.3 is 0 Å². The number of carbonyl (C=O) groups is 1. The minimum absolute atomic E-state index is 0.330. The van der Waals surface area contributed by atoms with E-state index in [1.807, 2.05) is 24.3 Å². The first-order valence-corrected chi connectivity index (χ1v) is 9.49. The van der Waals surface area contributed by atoms with E-state index >= 15 is 0 Å². The number of fused-ring (bicyclic) bond motifs is 5. The second kappa shape index (κ2) is 7.36. The largest absolute Gasteiger partial charge is 0.394 e. The van der Waals surface area contributed by atoms with Crippen molar-refractivity contribution in [2.24, 2.45) is 0 Å². The topological polar surface area (TPSA) is 94.5 Å². The highest BCUT2D eigenvalue weighted by molar-refractivity contribution is 8.00. The molecule has 0 bridgehead atoms. The van der Waals surface area contributed by atoms with Gasteiger partial charge in [-0.3, -0.25) is 9.78 Å². The van der Waals surface area contributed by atoms with E-state index in [9.17, 15) is 4.79 Å². The van der Waals surface area contributed by atoms with Crippen molar-refractivity contribution in [2.75, 3.05) is 17.9 Å². The molecule has 138 valence electrons. The molecule has 0 saturated carbocycles. The van der Waals surface area contributed by atoms with Crippen LogP contribution in [0.4, 0.5) is 5.69 Å². The van der Waals surface area contributed by atoms with Crippen LogP contribution >= 0.6 is 23.5 Å². The van der Waals surface area contributed by atoms with Gasteiger partial charge in [0.15, 0.2) is 0 Å². The van der Waals surface area contributed by atoms with Gasteiger partial charge < -0.3 is 20.3 Å². The van der Waals surface area contributed by atoms with Crippen LogP contribution in [-0.4, -0.2) is 40.4 Å². The lowest BCUT2D eigenvalue weighted by Gasteiger charge is -2.23. The Morgan fingerprint density at radius 2 is 2.04 bits per heavy atom. The Morgan fingerprint density at radius 3 is 2.81 bits per heavy atom. The number of halogens is 1. The summed E-state index contributed by atoms with van der Waals surface area (Å²) in [6, 6.07) is 10.3. The molecule has 2 heterocycles. The monoisotopic (exact) mass is 401 g/mol. The molecule has 0 aliphatic carbocycles. The van der Waals surface area contributed by atoms with Crippen molar-refractivity contribution in [3.63, 3.8) is 0 Å². The molecule has 27 heavy (non-hydrogen) atoms. The lowest BCUT2D eigenvalue weighted by molar-refractivity contribution is 0.0879. The SMILES string of the molecule is O=C(NC(CO)CO)c1ccc2c(c1)-c1cc(Cl)c3cccnc3c1NS2. The summed E-state index contributed by atoms with van der Waals surface area (Å²) in [6.07, 6.45) is 1.72. The summed E-state index contributed by atoms with van der Waals surface area (Å²) in [6.45, 7) is -0.661. The molecule has 8 heteroatoms. The standard InChI is InChI=1S/C19H16ClN3O3S/c20-15-7-14-13-6-10(19(26)22-11(8-24)9-25)3-4-16(13)27-23-18(14)17-12(15)2-1-5-21-17/h1-7,11,23-25H,8-9H2,(H,22,26). The molecule has 1 aliphatic rings. The number of aromatic nitrogens is 1. The molecule has 3 aromatic rings. The number of carbonyl (C=O) groups excluding carboxylic acids is 1. The highest BCUT2D eigenvalue weighted by Crippen LogP contribution is 2.47. The molecule has 0 fully saturated rings. The third-order valence-electron chi connectivity index (χ3n) is 4.41. The highest BCUT2D eigenvalue weighted by Gasteiger charge is 2.23. The minimum atomic E-state index is -0.695. The van der Waals surface area contributed by atoms with E-state index in [0.29, 0.717) is 10.6 Å². The second-order valence-corrected chi connectivity index (χ2v) is 7.39.